The van der Waals surface area contributed by atoms with E-state index in [1.807, 2.05) is 31.2 Å². The van der Waals surface area contributed by atoms with Crippen LogP contribution >= 0.6 is 0 Å². The van der Waals surface area contributed by atoms with Gasteiger partial charge >= 0.3 is 0 Å². The lowest BCUT2D eigenvalue weighted by Gasteiger charge is -2.20. The predicted molar refractivity (Wildman–Crippen MR) is 121 cm³/mol. The first-order valence-electron chi connectivity index (χ1n) is 9.93. The zero-order valence-electron chi connectivity index (χ0n) is 18.0. The Bertz CT molecular complexity index is 947. The minimum Gasteiger partial charge on any atom is -0.387 e. The van der Waals surface area contributed by atoms with Crippen LogP contribution in [-0.4, -0.2) is 32.6 Å². The molecule has 164 valence electrons. The Kier molecular flexibility index (Phi) is 8.00. The molecule has 0 saturated heterocycles. The summed E-state index contributed by atoms with van der Waals surface area (Å²) in [5.41, 5.74) is 2.97. The molecule has 0 amide bonds. The van der Waals surface area contributed by atoms with Gasteiger partial charge in [0.1, 0.15) is 0 Å². The number of guanidine groups is 1. The fourth-order valence-electron chi connectivity index (χ4n) is 2.81. The van der Waals surface area contributed by atoms with E-state index in [1.54, 1.807) is 12.1 Å². The molecule has 2 aromatic rings. The van der Waals surface area contributed by atoms with Crippen LogP contribution in [0.1, 0.15) is 50.5 Å². The van der Waals surface area contributed by atoms with E-state index in [4.69, 9.17) is 5.14 Å². The molecule has 0 aromatic heterocycles. The van der Waals surface area contributed by atoms with Crippen LogP contribution in [0.4, 0.5) is 0 Å². The molecular weight excluding hydrogens is 400 g/mol. The molecule has 5 N–H and O–H groups in total. The Morgan fingerprint density at radius 2 is 1.67 bits per heavy atom. The number of hydrogen-bond donors (Lipinski definition) is 4. The van der Waals surface area contributed by atoms with Crippen LogP contribution in [0.25, 0.3) is 0 Å². The zero-order valence-corrected chi connectivity index (χ0v) is 18.8. The topological polar surface area (TPSA) is 117 Å². The molecule has 7 nitrogen and oxygen atoms in total. The number of nitrogens with zero attached hydrogens (tertiary/aromatic N) is 1. The second-order valence-corrected chi connectivity index (χ2v) is 9.71. The first-order chi connectivity index (χ1) is 14.0. The summed E-state index contributed by atoms with van der Waals surface area (Å²) in [6.45, 7) is 9.76. The quantitative estimate of drug-likeness (QED) is 0.396. The minimum atomic E-state index is -3.70. The zero-order chi connectivity index (χ0) is 22.4. The predicted octanol–water partition coefficient (Wildman–Crippen LogP) is 2.42. The van der Waals surface area contributed by atoms with E-state index in [0.29, 0.717) is 25.6 Å². The molecule has 0 spiro atoms. The highest BCUT2D eigenvalue weighted by Crippen LogP contribution is 2.23. The maximum atomic E-state index is 11.3. The largest absolute Gasteiger partial charge is 0.387 e. The van der Waals surface area contributed by atoms with E-state index in [0.717, 1.165) is 11.1 Å². The van der Waals surface area contributed by atoms with Gasteiger partial charge in [-0.2, -0.15) is 0 Å². The number of hydrogen-bond acceptors (Lipinski definition) is 4. The summed E-state index contributed by atoms with van der Waals surface area (Å²) in [5.74, 6) is 0.568. The van der Waals surface area contributed by atoms with Gasteiger partial charge in [0.25, 0.3) is 0 Å². The molecule has 0 radical (unpaired) electrons. The van der Waals surface area contributed by atoms with Gasteiger partial charge in [-0.15, -0.1) is 0 Å². The third-order valence-electron chi connectivity index (χ3n) is 4.64. The number of benzene rings is 2. The first-order valence-corrected chi connectivity index (χ1v) is 11.5. The van der Waals surface area contributed by atoms with Crippen LogP contribution < -0.4 is 15.8 Å². The van der Waals surface area contributed by atoms with E-state index >= 15 is 0 Å². The van der Waals surface area contributed by atoms with E-state index in [-0.39, 0.29) is 10.3 Å². The van der Waals surface area contributed by atoms with Crippen molar-refractivity contribution in [3.8, 4) is 0 Å². The monoisotopic (exact) mass is 432 g/mol. The molecule has 0 aliphatic rings. The summed E-state index contributed by atoms with van der Waals surface area (Å²) in [6, 6.07) is 14.3. The molecule has 0 fully saturated rings. The molecule has 0 saturated carbocycles. The van der Waals surface area contributed by atoms with Crippen molar-refractivity contribution in [3.63, 3.8) is 0 Å². The molecule has 0 heterocycles. The molecule has 2 rings (SSSR count). The van der Waals surface area contributed by atoms with Crippen LogP contribution in [-0.2, 0) is 22.0 Å². The number of aliphatic hydroxyl groups is 1. The lowest BCUT2D eigenvalue weighted by Crippen LogP contribution is -2.39. The third kappa shape index (κ3) is 7.12. The van der Waals surface area contributed by atoms with E-state index in [2.05, 4.69) is 36.4 Å². The number of nitrogens with one attached hydrogen (secondary N) is 2. The van der Waals surface area contributed by atoms with Crippen molar-refractivity contribution in [1.82, 2.24) is 10.6 Å². The van der Waals surface area contributed by atoms with Gasteiger partial charge in [-0.1, -0.05) is 57.2 Å². The molecule has 2 aromatic carbocycles. The Balaban J connectivity index is 1.99. The number of aliphatic imine (C=N–C) groups is 1. The van der Waals surface area contributed by atoms with Gasteiger partial charge in [-0.3, -0.25) is 0 Å². The summed E-state index contributed by atoms with van der Waals surface area (Å²) in [6.07, 6.45) is -0.670. The lowest BCUT2D eigenvalue weighted by molar-refractivity contribution is 0.181. The smallest absolute Gasteiger partial charge is 0.238 e. The summed E-state index contributed by atoms with van der Waals surface area (Å²) in [4.78, 5) is 4.56. The maximum Gasteiger partial charge on any atom is 0.238 e. The highest BCUT2D eigenvalue weighted by Gasteiger charge is 2.15. The van der Waals surface area contributed by atoms with E-state index in [1.165, 1.54) is 17.7 Å². The molecule has 0 bridgehead atoms. The Morgan fingerprint density at radius 3 is 2.17 bits per heavy atom. The van der Waals surface area contributed by atoms with Crippen LogP contribution in [0.15, 0.2) is 58.4 Å². The Labute approximate surface area is 179 Å². The number of aliphatic hydroxyl groups excluding tert-OH is 1. The average molecular weight is 433 g/mol. The van der Waals surface area contributed by atoms with Gasteiger partial charge in [-0.05, 0) is 41.2 Å². The van der Waals surface area contributed by atoms with Gasteiger partial charge in [0.15, 0.2) is 5.96 Å². The first kappa shape index (κ1) is 23.9. The number of sulfonamides is 1. The number of primary sulfonamides is 1. The lowest BCUT2D eigenvalue weighted by atomic mass is 9.86. The van der Waals surface area contributed by atoms with Crippen LogP contribution in [0.5, 0.6) is 0 Å². The molecule has 0 aliphatic carbocycles. The van der Waals surface area contributed by atoms with Crippen LogP contribution in [0, 0.1) is 0 Å². The minimum absolute atomic E-state index is 0.0686. The summed E-state index contributed by atoms with van der Waals surface area (Å²) < 4.78 is 22.7. The van der Waals surface area contributed by atoms with Gasteiger partial charge < -0.3 is 15.7 Å². The third-order valence-corrected chi connectivity index (χ3v) is 5.57. The van der Waals surface area contributed by atoms with Crippen LogP contribution in [0.2, 0.25) is 0 Å². The normalized spacial score (nSPS) is 13.7. The highest BCUT2D eigenvalue weighted by molar-refractivity contribution is 7.89. The molecule has 1 atom stereocenters. The van der Waals surface area contributed by atoms with E-state index < -0.39 is 16.1 Å². The Hall–Kier alpha value is -2.42. The average Bonchev–Trinajstić information content (AvgIpc) is 2.69. The van der Waals surface area contributed by atoms with Gasteiger partial charge in [0.2, 0.25) is 10.0 Å². The van der Waals surface area contributed by atoms with Crippen molar-refractivity contribution in [2.24, 2.45) is 10.1 Å². The maximum absolute atomic E-state index is 11.3. The molecular formula is C22H32N4O3S. The van der Waals surface area contributed by atoms with Crippen molar-refractivity contribution >= 4 is 16.0 Å². The second-order valence-electron chi connectivity index (χ2n) is 8.15. The van der Waals surface area contributed by atoms with Crippen molar-refractivity contribution in [3.05, 3.63) is 65.2 Å². The number of rotatable bonds is 7. The highest BCUT2D eigenvalue weighted by atomic mass is 32.2. The summed E-state index contributed by atoms with van der Waals surface area (Å²) >= 11 is 0. The van der Waals surface area contributed by atoms with Gasteiger partial charge in [-0.25, -0.2) is 18.5 Å². The molecule has 30 heavy (non-hydrogen) atoms. The summed E-state index contributed by atoms with van der Waals surface area (Å²) in [5, 5.41) is 21.9. The van der Waals surface area contributed by atoms with Gasteiger partial charge in [0.05, 0.1) is 17.5 Å². The van der Waals surface area contributed by atoms with Crippen molar-refractivity contribution in [1.29, 1.82) is 0 Å². The second kappa shape index (κ2) is 10.1. The van der Waals surface area contributed by atoms with Crippen molar-refractivity contribution < 1.29 is 13.5 Å². The number of nitrogens with two attached hydrogens (primary N) is 1. The van der Waals surface area contributed by atoms with E-state index in [9.17, 15) is 13.5 Å². The summed E-state index contributed by atoms with van der Waals surface area (Å²) in [7, 11) is -3.70. The SMILES string of the molecule is CCNC(=NCc1ccc(S(N)(=O)=O)cc1)NCC(O)c1ccc(C(C)(C)C)cc1. The molecule has 8 heteroatoms. The fraction of sp³-hybridized carbons (Fsp3) is 0.409. The Morgan fingerprint density at radius 1 is 1.07 bits per heavy atom. The van der Waals surface area contributed by atoms with Crippen molar-refractivity contribution in [2.75, 3.05) is 13.1 Å². The standard InChI is InChI=1S/C22H32N4O3S/c1-5-24-21(25-14-16-6-12-19(13-7-16)30(23,28)29)26-15-20(27)17-8-10-18(11-9-17)22(2,3)4/h6-13,20,27H,5,14-15H2,1-4H3,(H2,23,28,29)(H2,24,25,26). The molecule has 0 aliphatic heterocycles. The van der Waals surface area contributed by atoms with Crippen LogP contribution in [0.3, 0.4) is 0 Å². The van der Waals surface area contributed by atoms with Gasteiger partial charge in [0, 0.05) is 13.1 Å². The molecule has 1 unspecified atom stereocenters. The fourth-order valence-corrected chi connectivity index (χ4v) is 3.33. The van der Waals surface area contributed by atoms with Crippen molar-refractivity contribution in [2.45, 2.75) is 50.7 Å².